The van der Waals surface area contributed by atoms with E-state index in [4.69, 9.17) is 14.2 Å². The Bertz CT molecular complexity index is 735. The van der Waals surface area contributed by atoms with Gasteiger partial charge in [0.2, 0.25) is 0 Å². The molecule has 5 nitrogen and oxygen atoms in total. The molecule has 1 N–H and O–H groups in total. The summed E-state index contributed by atoms with van der Waals surface area (Å²) in [5.74, 6) is 1.80. The van der Waals surface area contributed by atoms with E-state index in [1.807, 2.05) is 42.7 Å². The molecule has 1 aliphatic heterocycles. The number of fused-ring (bicyclic) bond motifs is 1. The lowest BCUT2D eigenvalue weighted by atomic mass is 10.2. The fraction of sp³-hybridized carbons (Fsp3) is 0.278. The molecular formula is C18H19NO4S. The lowest BCUT2D eigenvalue weighted by Crippen LogP contribution is -2.40. The fourth-order valence-electron chi connectivity index (χ4n) is 2.45. The normalized spacial score (nSPS) is 15.7. The first-order valence-corrected chi connectivity index (χ1v) is 8.82. The van der Waals surface area contributed by atoms with Crippen LogP contribution >= 0.6 is 11.8 Å². The van der Waals surface area contributed by atoms with Crippen LogP contribution in [0.5, 0.6) is 17.2 Å². The van der Waals surface area contributed by atoms with E-state index < -0.39 is 0 Å². The topological polar surface area (TPSA) is 56.8 Å². The van der Waals surface area contributed by atoms with Crippen molar-refractivity contribution in [2.45, 2.75) is 11.0 Å². The van der Waals surface area contributed by atoms with Crippen molar-refractivity contribution in [1.29, 1.82) is 0 Å². The van der Waals surface area contributed by atoms with Gasteiger partial charge in [-0.3, -0.25) is 4.79 Å². The van der Waals surface area contributed by atoms with Crippen molar-refractivity contribution in [3.63, 3.8) is 0 Å². The minimum absolute atomic E-state index is 0.193. The smallest absolute Gasteiger partial charge is 0.255 e. The predicted octanol–water partition coefficient (Wildman–Crippen LogP) is 2.99. The molecule has 0 aliphatic carbocycles. The van der Waals surface area contributed by atoms with Crippen molar-refractivity contribution in [3.05, 3.63) is 48.0 Å². The minimum atomic E-state index is -0.222. The number of hydrogen-bond acceptors (Lipinski definition) is 5. The number of para-hydroxylation sites is 2. The van der Waals surface area contributed by atoms with Crippen LogP contribution in [0.4, 0.5) is 0 Å². The van der Waals surface area contributed by atoms with Gasteiger partial charge in [0.15, 0.2) is 11.5 Å². The van der Waals surface area contributed by atoms with Crippen molar-refractivity contribution in [2.75, 3.05) is 26.5 Å². The summed E-state index contributed by atoms with van der Waals surface area (Å²) >= 11 is 1.60. The van der Waals surface area contributed by atoms with Gasteiger partial charge in [-0.15, -0.1) is 11.8 Å². The molecule has 1 aliphatic rings. The van der Waals surface area contributed by atoms with Gasteiger partial charge in [-0.1, -0.05) is 12.1 Å². The highest BCUT2D eigenvalue weighted by Crippen LogP contribution is 2.30. The summed E-state index contributed by atoms with van der Waals surface area (Å²) in [6, 6.07) is 13.0. The molecule has 1 atom stereocenters. The highest BCUT2D eigenvalue weighted by atomic mass is 32.2. The Morgan fingerprint density at radius 1 is 1.29 bits per heavy atom. The summed E-state index contributed by atoms with van der Waals surface area (Å²) in [5.41, 5.74) is 0.507. The number of hydrogen-bond donors (Lipinski definition) is 1. The van der Waals surface area contributed by atoms with E-state index in [0.29, 0.717) is 30.2 Å². The zero-order valence-corrected chi connectivity index (χ0v) is 14.4. The van der Waals surface area contributed by atoms with Crippen LogP contribution in [-0.2, 0) is 0 Å². The molecule has 0 spiro atoms. The van der Waals surface area contributed by atoms with Gasteiger partial charge in [0.1, 0.15) is 18.5 Å². The lowest BCUT2D eigenvalue weighted by Gasteiger charge is -2.26. The quantitative estimate of drug-likeness (QED) is 0.845. The first kappa shape index (κ1) is 16.5. The minimum Gasteiger partial charge on any atom is -0.496 e. The number of carbonyl (C=O) groups is 1. The molecule has 1 heterocycles. The predicted molar refractivity (Wildman–Crippen MR) is 93.5 cm³/mol. The van der Waals surface area contributed by atoms with Crippen LogP contribution in [0.25, 0.3) is 0 Å². The van der Waals surface area contributed by atoms with Crippen LogP contribution in [0, 0.1) is 0 Å². The maximum absolute atomic E-state index is 12.4. The summed E-state index contributed by atoms with van der Waals surface area (Å²) in [5, 5.41) is 2.88. The SMILES string of the molecule is COc1cc(SC)ccc1C(=O)NC[C@@H]1COc2ccccc2O1. The van der Waals surface area contributed by atoms with Gasteiger partial charge in [0.25, 0.3) is 5.91 Å². The maximum atomic E-state index is 12.4. The molecule has 0 radical (unpaired) electrons. The summed E-state index contributed by atoms with van der Waals surface area (Å²) in [6.07, 6.45) is 1.76. The number of thioether (sulfide) groups is 1. The molecule has 3 rings (SSSR count). The first-order valence-electron chi connectivity index (χ1n) is 7.60. The van der Waals surface area contributed by atoms with E-state index in [1.54, 1.807) is 24.9 Å². The Morgan fingerprint density at radius 2 is 2.08 bits per heavy atom. The Kier molecular flexibility index (Phi) is 5.15. The molecule has 0 fully saturated rings. The fourth-order valence-corrected chi connectivity index (χ4v) is 2.88. The Morgan fingerprint density at radius 3 is 2.83 bits per heavy atom. The molecule has 0 aromatic heterocycles. The molecule has 2 aromatic carbocycles. The molecule has 1 amide bonds. The van der Waals surface area contributed by atoms with Crippen LogP contribution in [0.3, 0.4) is 0 Å². The Hall–Kier alpha value is -2.34. The number of amides is 1. The van der Waals surface area contributed by atoms with E-state index in [-0.39, 0.29) is 12.0 Å². The van der Waals surface area contributed by atoms with E-state index in [9.17, 15) is 4.79 Å². The zero-order valence-electron chi connectivity index (χ0n) is 13.6. The lowest BCUT2D eigenvalue weighted by molar-refractivity contribution is 0.0787. The summed E-state index contributed by atoms with van der Waals surface area (Å²) in [4.78, 5) is 13.5. The van der Waals surface area contributed by atoms with Gasteiger partial charge < -0.3 is 19.5 Å². The van der Waals surface area contributed by atoms with Crippen molar-refractivity contribution < 1.29 is 19.0 Å². The number of benzene rings is 2. The van der Waals surface area contributed by atoms with E-state index >= 15 is 0 Å². The number of methoxy groups -OCH3 is 1. The van der Waals surface area contributed by atoms with Gasteiger partial charge in [-0.2, -0.15) is 0 Å². The third-order valence-corrected chi connectivity index (χ3v) is 4.44. The first-order chi connectivity index (χ1) is 11.7. The third kappa shape index (κ3) is 3.59. The van der Waals surface area contributed by atoms with E-state index in [0.717, 1.165) is 10.6 Å². The van der Waals surface area contributed by atoms with Gasteiger partial charge in [0.05, 0.1) is 19.2 Å². The molecule has 126 valence electrons. The van der Waals surface area contributed by atoms with Crippen molar-refractivity contribution in [1.82, 2.24) is 5.32 Å². The van der Waals surface area contributed by atoms with Crippen LogP contribution in [0.2, 0.25) is 0 Å². The van der Waals surface area contributed by atoms with Crippen LogP contribution < -0.4 is 19.5 Å². The van der Waals surface area contributed by atoms with Gasteiger partial charge in [0, 0.05) is 4.90 Å². The number of rotatable bonds is 5. The van der Waals surface area contributed by atoms with Crippen LogP contribution in [0.1, 0.15) is 10.4 Å². The molecule has 24 heavy (non-hydrogen) atoms. The molecular weight excluding hydrogens is 326 g/mol. The summed E-state index contributed by atoms with van der Waals surface area (Å²) < 4.78 is 16.8. The zero-order chi connectivity index (χ0) is 16.9. The monoisotopic (exact) mass is 345 g/mol. The number of ether oxygens (including phenoxy) is 3. The van der Waals surface area contributed by atoms with Gasteiger partial charge >= 0.3 is 0 Å². The number of nitrogens with one attached hydrogen (secondary N) is 1. The molecule has 6 heteroatoms. The Labute approximate surface area is 145 Å². The molecule has 0 saturated heterocycles. The van der Waals surface area contributed by atoms with Crippen molar-refractivity contribution in [3.8, 4) is 17.2 Å². The molecule has 2 aromatic rings. The standard InChI is InChI=1S/C18H19NO4S/c1-21-17-9-13(24-2)7-8-14(17)18(20)19-10-12-11-22-15-5-3-4-6-16(15)23-12/h3-9,12H,10-11H2,1-2H3,(H,19,20)/t12-/m1/s1. The van der Waals surface area contributed by atoms with Gasteiger partial charge in [-0.25, -0.2) is 0 Å². The van der Waals surface area contributed by atoms with Crippen LogP contribution in [0.15, 0.2) is 47.4 Å². The second-order valence-corrected chi connectivity index (χ2v) is 6.15. The maximum Gasteiger partial charge on any atom is 0.255 e. The highest BCUT2D eigenvalue weighted by Gasteiger charge is 2.22. The number of carbonyl (C=O) groups excluding carboxylic acids is 1. The second kappa shape index (κ2) is 7.49. The van der Waals surface area contributed by atoms with E-state index in [2.05, 4.69) is 5.32 Å². The summed E-state index contributed by atoms with van der Waals surface area (Å²) in [6.45, 7) is 0.764. The average molecular weight is 345 g/mol. The molecule has 0 saturated carbocycles. The molecule has 0 bridgehead atoms. The Balaban J connectivity index is 1.62. The summed E-state index contributed by atoms with van der Waals surface area (Å²) in [7, 11) is 1.56. The second-order valence-electron chi connectivity index (χ2n) is 5.27. The van der Waals surface area contributed by atoms with E-state index in [1.165, 1.54) is 0 Å². The largest absolute Gasteiger partial charge is 0.496 e. The van der Waals surface area contributed by atoms with Crippen molar-refractivity contribution in [2.24, 2.45) is 0 Å². The van der Waals surface area contributed by atoms with Gasteiger partial charge in [-0.05, 0) is 36.6 Å². The third-order valence-electron chi connectivity index (χ3n) is 3.71. The average Bonchev–Trinajstić information content (AvgIpc) is 2.65. The van der Waals surface area contributed by atoms with Crippen LogP contribution in [-0.4, -0.2) is 38.5 Å². The molecule has 0 unspecified atom stereocenters. The van der Waals surface area contributed by atoms with Crippen molar-refractivity contribution >= 4 is 17.7 Å². The highest BCUT2D eigenvalue weighted by molar-refractivity contribution is 7.98.